The quantitative estimate of drug-likeness (QED) is 0.662. The van der Waals surface area contributed by atoms with Gasteiger partial charge in [0, 0.05) is 0 Å². The van der Waals surface area contributed by atoms with Gasteiger partial charge in [-0.05, 0) is 46.1 Å². The molecule has 11 heavy (non-hydrogen) atoms. The standard InChI is InChI=1S/C9H19NO/c1-9(2)6-3-4-8(11-9)5-7-10/h8H,3-7,10H2,1-2H3. The van der Waals surface area contributed by atoms with E-state index in [0.29, 0.717) is 6.10 Å². The number of nitrogens with two attached hydrogens (primary N) is 1. The third-order valence-electron chi connectivity index (χ3n) is 2.28. The van der Waals surface area contributed by atoms with Crippen molar-refractivity contribution in [1.29, 1.82) is 0 Å². The number of hydrogen-bond donors (Lipinski definition) is 1. The predicted molar refractivity (Wildman–Crippen MR) is 46.5 cm³/mol. The third kappa shape index (κ3) is 2.80. The van der Waals surface area contributed by atoms with Crippen molar-refractivity contribution in [2.24, 2.45) is 5.73 Å². The van der Waals surface area contributed by atoms with Gasteiger partial charge in [0.05, 0.1) is 11.7 Å². The van der Waals surface area contributed by atoms with E-state index in [1.807, 2.05) is 0 Å². The van der Waals surface area contributed by atoms with Crippen molar-refractivity contribution in [3.63, 3.8) is 0 Å². The molecule has 1 aliphatic heterocycles. The van der Waals surface area contributed by atoms with Gasteiger partial charge >= 0.3 is 0 Å². The highest BCUT2D eigenvalue weighted by Crippen LogP contribution is 2.28. The monoisotopic (exact) mass is 157 g/mol. The third-order valence-corrected chi connectivity index (χ3v) is 2.28. The second kappa shape index (κ2) is 3.55. The topological polar surface area (TPSA) is 35.2 Å². The summed E-state index contributed by atoms with van der Waals surface area (Å²) in [6, 6.07) is 0. The minimum Gasteiger partial charge on any atom is -0.372 e. The molecule has 2 nitrogen and oxygen atoms in total. The molecule has 0 amide bonds. The Bertz CT molecular complexity index is 121. The molecule has 1 atom stereocenters. The van der Waals surface area contributed by atoms with E-state index in [-0.39, 0.29) is 5.60 Å². The molecule has 1 rings (SSSR count). The molecule has 0 spiro atoms. The highest BCUT2D eigenvalue weighted by Gasteiger charge is 2.27. The average Bonchev–Trinajstić information content (AvgIpc) is 1.85. The van der Waals surface area contributed by atoms with Crippen LogP contribution in [-0.4, -0.2) is 18.2 Å². The zero-order valence-corrected chi connectivity index (χ0v) is 7.60. The van der Waals surface area contributed by atoms with Crippen molar-refractivity contribution in [1.82, 2.24) is 0 Å². The van der Waals surface area contributed by atoms with Gasteiger partial charge in [0.2, 0.25) is 0 Å². The maximum Gasteiger partial charge on any atom is 0.0630 e. The second-order valence-electron chi connectivity index (χ2n) is 3.97. The van der Waals surface area contributed by atoms with E-state index < -0.39 is 0 Å². The summed E-state index contributed by atoms with van der Waals surface area (Å²) < 4.78 is 5.83. The Morgan fingerprint density at radius 2 is 2.27 bits per heavy atom. The maximum atomic E-state index is 5.83. The Labute approximate surface area is 69.1 Å². The highest BCUT2D eigenvalue weighted by atomic mass is 16.5. The predicted octanol–water partition coefficient (Wildman–Crippen LogP) is 1.68. The Kier molecular flexibility index (Phi) is 2.90. The molecule has 0 aliphatic carbocycles. The molecule has 1 unspecified atom stereocenters. The molecule has 1 heterocycles. The maximum absolute atomic E-state index is 5.83. The molecular formula is C9H19NO. The Hall–Kier alpha value is -0.0800. The number of hydrogen-bond acceptors (Lipinski definition) is 2. The van der Waals surface area contributed by atoms with E-state index >= 15 is 0 Å². The molecule has 0 aromatic rings. The summed E-state index contributed by atoms with van der Waals surface area (Å²) in [6.07, 6.45) is 5.11. The van der Waals surface area contributed by atoms with E-state index in [9.17, 15) is 0 Å². The molecule has 66 valence electrons. The van der Waals surface area contributed by atoms with Crippen LogP contribution in [0.1, 0.15) is 39.5 Å². The van der Waals surface area contributed by atoms with E-state index in [0.717, 1.165) is 13.0 Å². The normalized spacial score (nSPS) is 30.3. The summed E-state index contributed by atoms with van der Waals surface area (Å²) in [4.78, 5) is 0. The molecule has 1 fully saturated rings. The summed E-state index contributed by atoms with van der Waals surface area (Å²) in [5.41, 5.74) is 5.56. The smallest absolute Gasteiger partial charge is 0.0630 e. The van der Waals surface area contributed by atoms with Crippen molar-refractivity contribution >= 4 is 0 Å². The molecule has 0 bridgehead atoms. The Morgan fingerprint density at radius 3 is 2.82 bits per heavy atom. The molecule has 0 aromatic carbocycles. The van der Waals surface area contributed by atoms with Crippen molar-refractivity contribution in [3.05, 3.63) is 0 Å². The van der Waals surface area contributed by atoms with Crippen LogP contribution in [-0.2, 0) is 4.74 Å². The fraction of sp³-hybridized carbons (Fsp3) is 1.00. The fourth-order valence-corrected chi connectivity index (χ4v) is 1.71. The van der Waals surface area contributed by atoms with Crippen LogP contribution < -0.4 is 5.73 Å². The van der Waals surface area contributed by atoms with Gasteiger partial charge in [0.25, 0.3) is 0 Å². The number of ether oxygens (including phenoxy) is 1. The zero-order valence-electron chi connectivity index (χ0n) is 7.60. The van der Waals surface area contributed by atoms with Crippen molar-refractivity contribution < 1.29 is 4.74 Å². The van der Waals surface area contributed by atoms with Crippen molar-refractivity contribution in [3.8, 4) is 0 Å². The molecule has 2 heteroatoms. The summed E-state index contributed by atoms with van der Waals surface area (Å²) in [6.45, 7) is 5.08. The molecule has 0 radical (unpaired) electrons. The van der Waals surface area contributed by atoms with Crippen LogP contribution in [0.25, 0.3) is 0 Å². The Morgan fingerprint density at radius 1 is 1.55 bits per heavy atom. The first-order valence-corrected chi connectivity index (χ1v) is 4.52. The molecule has 1 aliphatic rings. The van der Waals surface area contributed by atoms with Gasteiger partial charge in [-0.1, -0.05) is 0 Å². The lowest BCUT2D eigenvalue weighted by Crippen LogP contribution is -2.36. The minimum atomic E-state index is 0.0953. The van der Waals surface area contributed by atoms with Crippen LogP contribution in [0.3, 0.4) is 0 Å². The van der Waals surface area contributed by atoms with Crippen LogP contribution in [0.15, 0.2) is 0 Å². The first kappa shape index (κ1) is 9.01. The van der Waals surface area contributed by atoms with Gasteiger partial charge in [0.15, 0.2) is 0 Å². The lowest BCUT2D eigenvalue weighted by Gasteiger charge is -2.35. The largest absolute Gasteiger partial charge is 0.372 e. The summed E-state index contributed by atoms with van der Waals surface area (Å²) >= 11 is 0. The van der Waals surface area contributed by atoms with Crippen molar-refractivity contribution in [2.75, 3.05) is 6.54 Å². The van der Waals surface area contributed by atoms with Crippen LogP contribution in [0, 0.1) is 0 Å². The molecule has 0 aromatic heterocycles. The molecule has 0 saturated carbocycles. The molecule has 1 saturated heterocycles. The zero-order chi connectivity index (χ0) is 8.32. The van der Waals surface area contributed by atoms with Crippen LogP contribution in [0.2, 0.25) is 0 Å². The van der Waals surface area contributed by atoms with Gasteiger partial charge in [0.1, 0.15) is 0 Å². The lowest BCUT2D eigenvalue weighted by atomic mass is 9.94. The Balaban J connectivity index is 2.34. The summed E-state index contributed by atoms with van der Waals surface area (Å²) in [5, 5.41) is 0. The molecule has 2 N–H and O–H groups in total. The van der Waals surface area contributed by atoms with Crippen LogP contribution >= 0.6 is 0 Å². The van der Waals surface area contributed by atoms with Gasteiger partial charge in [-0.15, -0.1) is 0 Å². The van der Waals surface area contributed by atoms with Crippen LogP contribution in [0.4, 0.5) is 0 Å². The first-order valence-electron chi connectivity index (χ1n) is 4.52. The minimum absolute atomic E-state index is 0.0953. The molecular weight excluding hydrogens is 138 g/mol. The fourth-order valence-electron chi connectivity index (χ4n) is 1.71. The summed E-state index contributed by atoms with van der Waals surface area (Å²) in [7, 11) is 0. The summed E-state index contributed by atoms with van der Waals surface area (Å²) in [5.74, 6) is 0. The van der Waals surface area contributed by atoms with Gasteiger partial charge < -0.3 is 10.5 Å². The lowest BCUT2D eigenvalue weighted by molar-refractivity contribution is -0.108. The SMILES string of the molecule is CC1(C)CCCC(CCN)O1. The van der Waals surface area contributed by atoms with Crippen molar-refractivity contribution in [2.45, 2.75) is 51.2 Å². The van der Waals surface area contributed by atoms with Gasteiger partial charge in [-0.25, -0.2) is 0 Å². The highest BCUT2D eigenvalue weighted by molar-refractivity contribution is 4.77. The average molecular weight is 157 g/mol. The first-order chi connectivity index (χ1) is 5.14. The van der Waals surface area contributed by atoms with E-state index in [4.69, 9.17) is 10.5 Å². The number of rotatable bonds is 2. The van der Waals surface area contributed by atoms with Gasteiger partial charge in [-0.3, -0.25) is 0 Å². The van der Waals surface area contributed by atoms with Gasteiger partial charge in [-0.2, -0.15) is 0 Å². The second-order valence-corrected chi connectivity index (χ2v) is 3.97. The van der Waals surface area contributed by atoms with E-state index in [1.165, 1.54) is 19.3 Å². The van der Waals surface area contributed by atoms with E-state index in [1.54, 1.807) is 0 Å². The van der Waals surface area contributed by atoms with Crippen LogP contribution in [0.5, 0.6) is 0 Å². The van der Waals surface area contributed by atoms with E-state index in [2.05, 4.69) is 13.8 Å².